The van der Waals surface area contributed by atoms with Crippen molar-refractivity contribution in [3.8, 4) is 11.3 Å². The fourth-order valence-electron chi connectivity index (χ4n) is 2.27. The van der Waals surface area contributed by atoms with Gasteiger partial charge in [0, 0.05) is 14.1 Å². The fourth-order valence-corrected chi connectivity index (χ4v) is 2.27. The Bertz CT molecular complexity index is 857. The predicted octanol–water partition coefficient (Wildman–Crippen LogP) is 3.78. The average Bonchev–Trinajstić information content (AvgIpc) is 2.57. The maximum Gasteiger partial charge on any atom is 0.278 e. The number of para-hydroxylation sites is 1. The van der Waals surface area contributed by atoms with E-state index in [0.717, 1.165) is 11.1 Å². The van der Waals surface area contributed by atoms with E-state index in [0.29, 0.717) is 11.4 Å². The van der Waals surface area contributed by atoms with Gasteiger partial charge >= 0.3 is 0 Å². The zero-order chi connectivity index (χ0) is 16.2. The number of nitrogens with one attached hydrogen (secondary N) is 1. The van der Waals surface area contributed by atoms with Gasteiger partial charge in [0.25, 0.3) is 5.91 Å². The summed E-state index contributed by atoms with van der Waals surface area (Å²) in [6, 6.07) is 17.0. The number of amides is 1. The van der Waals surface area contributed by atoms with E-state index >= 15 is 0 Å². The molecule has 118 valence electrons. The van der Waals surface area contributed by atoms with Crippen molar-refractivity contribution in [2.45, 2.75) is 6.92 Å². The normalized spacial score (nSPS) is 10.3. The number of rotatable bonds is 3. The Balaban J connectivity index is 0.00000156. The minimum absolute atomic E-state index is 0. The van der Waals surface area contributed by atoms with E-state index in [1.54, 1.807) is 18.3 Å². The summed E-state index contributed by atoms with van der Waals surface area (Å²) in [4.78, 5) is 20.9. The Labute approximate surface area is 137 Å². The van der Waals surface area contributed by atoms with E-state index in [1.807, 2.05) is 49.4 Å². The van der Waals surface area contributed by atoms with E-state index < -0.39 is 0 Å². The Morgan fingerprint density at radius 3 is 2.52 bits per heavy atom. The van der Waals surface area contributed by atoms with Crippen LogP contribution in [0.1, 0.15) is 18.9 Å². The molecule has 0 fully saturated rings. The Hall–Kier alpha value is -3.21. The summed E-state index contributed by atoms with van der Waals surface area (Å²) in [6.45, 7) is 1.98. The van der Waals surface area contributed by atoms with Crippen molar-refractivity contribution >= 4 is 17.4 Å². The Morgan fingerprint density at radius 2 is 1.78 bits per heavy atom. The second-order valence-corrected chi connectivity index (χ2v) is 5.12. The lowest BCUT2D eigenvalue weighted by atomic mass is 10.1. The molecule has 0 aliphatic heterocycles. The van der Waals surface area contributed by atoms with E-state index in [4.69, 9.17) is 5.73 Å². The summed E-state index contributed by atoms with van der Waals surface area (Å²) >= 11 is 0. The predicted molar refractivity (Wildman–Crippen MR) is 95.2 cm³/mol. The molecule has 3 aromatic rings. The standard InChI is InChI=1S/C18H16N4O.2H2/c1-12-7-5-6-10-14(12)15-11-20-17(19)16(22-15)18(23)21-13-8-3-2-4-9-13;;/h2-11H,1H3,(H2,19,20)(H,21,23);2*1H. The minimum Gasteiger partial charge on any atom is -0.382 e. The van der Waals surface area contributed by atoms with E-state index in [2.05, 4.69) is 15.3 Å². The van der Waals surface area contributed by atoms with Crippen LogP contribution in [0.25, 0.3) is 11.3 Å². The first-order chi connectivity index (χ1) is 11.1. The third-order valence-electron chi connectivity index (χ3n) is 3.47. The first-order valence-electron chi connectivity index (χ1n) is 7.20. The number of carbonyl (C=O) groups excluding carboxylic acids is 1. The van der Waals surface area contributed by atoms with Crippen LogP contribution in [0.2, 0.25) is 0 Å². The maximum atomic E-state index is 12.4. The molecule has 0 bridgehead atoms. The minimum atomic E-state index is -0.378. The van der Waals surface area contributed by atoms with Gasteiger partial charge in [-0.2, -0.15) is 0 Å². The molecule has 3 rings (SSSR count). The van der Waals surface area contributed by atoms with Crippen molar-refractivity contribution < 1.29 is 7.65 Å². The average molecular weight is 308 g/mol. The molecule has 1 aromatic heterocycles. The molecule has 0 aliphatic carbocycles. The van der Waals surface area contributed by atoms with Crippen LogP contribution in [0.3, 0.4) is 0 Å². The first-order valence-corrected chi connectivity index (χ1v) is 7.20. The van der Waals surface area contributed by atoms with Crippen molar-refractivity contribution in [1.82, 2.24) is 9.97 Å². The maximum absolute atomic E-state index is 12.4. The zero-order valence-corrected chi connectivity index (χ0v) is 12.7. The molecule has 0 saturated heterocycles. The van der Waals surface area contributed by atoms with Crippen molar-refractivity contribution in [2.75, 3.05) is 11.1 Å². The van der Waals surface area contributed by atoms with Gasteiger partial charge in [-0.05, 0) is 24.6 Å². The lowest BCUT2D eigenvalue weighted by Gasteiger charge is -2.09. The van der Waals surface area contributed by atoms with Crippen LogP contribution < -0.4 is 11.1 Å². The fraction of sp³-hybridized carbons (Fsp3) is 0.0556. The largest absolute Gasteiger partial charge is 0.382 e. The molecule has 0 unspecified atom stereocenters. The molecule has 0 aliphatic rings. The molecule has 0 radical (unpaired) electrons. The number of nitrogens with zero attached hydrogens (tertiary/aromatic N) is 2. The van der Waals surface area contributed by atoms with Gasteiger partial charge in [-0.3, -0.25) is 4.79 Å². The number of nitrogens with two attached hydrogens (primary N) is 1. The number of hydrogen-bond donors (Lipinski definition) is 2. The van der Waals surface area contributed by atoms with Gasteiger partial charge in [-0.1, -0.05) is 42.5 Å². The highest BCUT2D eigenvalue weighted by molar-refractivity contribution is 6.05. The van der Waals surface area contributed by atoms with E-state index in [1.165, 1.54) is 0 Å². The van der Waals surface area contributed by atoms with Gasteiger partial charge in [0.1, 0.15) is 0 Å². The lowest BCUT2D eigenvalue weighted by molar-refractivity contribution is 0.102. The summed E-state index contributed by atoms with van der Waals surface area (Å²) < 4.78 is 0. The highest BCUT2D eigenvalue weighted by Gasteiger charge is 2.15. The highest BCUT2D eigenvalue weighted by atomic mass is 16.1. The first kappa shape index (κ1) is 14.7. The molecular weight excluding hydrogens is 288 g/mol. The monoisotopic (exact) mass is 308 g/mol. The van der Waals surface area contributed by atoms with E-state index in [-0.39, 0.29) is 20.3 Å². The molecule has 23 heavy (non-hydrogen) atoms. The van der Waals surface area contributed by atoms with Crippen LogP contribution in [0, 0.1) is 6.92 Å². The molecule has 1 amide bonds. The van der Waals surface area contributed by atoms with Crippen LogP contribution in [-0.4, -0.2) is 15.9 Å². The summed E-state index contributed by atoms with van der Waals surface area (Å²) in [5, 5.41) is 2.77. The number of aryl methyl sites for hydroxylation is 1. The lowest BCUT2D eigenvalue weighted by Crippen LogP contribution is -2.17. The van der Waals surface area contributed by atoms with Gasteiger partial charge in [-0.15, -0.1) is 0 Å². The molecule has 0 spiro atoms. The van der Waals surface area contributed by atoms with Crippen molar-refractivity contribution in [3.05, 3.63) is 72.1 Å². The van der Waals surface area contributed by atoms with Gasteiger partial charge < -0.3 is 11.1 Å². The third-order valence-corrected chi connectivity index (χ3v) is 3.47. The second kappa shape index (κ2) is 6.27. The van der Waals surface area contributed by atoms with Gasteiger partial charge in [0.05, 0.1) is 11.9 Å². The summed E-state index contributed by atoms with van der Waals surface area (Å²) in [5.74, 6) is -0.271. The molecule has 5 heteroatoms. The Kier molecular flexibility index (Phi) is 4.01. The number of carbonyl (C=O) groups is 1. The highest BCUT2D eigenvalue weighted by Crippen LogP contribution is 2.22. The summed E-state index contributed by atoms with van der Waals surface area (Å²) in [7, 11) is 0. The topological polar surface area (TPSA) is 80.9 Å². The zero-order valence-electron chi connectivity index (χ0n) is 12.7. The molecule has 0 saturated carbocycles. The third kappa shape index (κ3) is 3.18. The number of aromatic nitrogens is 2. The van der Waals surface area contributed by atoms with Crippen LogP contribution >= 0.6 is 0 Å². The molecule has 2 aromatic carbocycles. The SMILES string of the molecule is Cc1ccccc1-c1cnc(N)c(C(=O)Nc2ccccc2)n1.[HH].[HH]. The summed E-state index contributed by atoms with van der Waals surface area (Å²) in [5.41, 5.74) is 9.23. The molecule has 0 atom stereocenters. The van der Waals surface area contributed by atoms with Crippen molar-refractivity contribution in [2.24, 2.45) is 0 Å². The van der Waals surface area contributed by atoms with Crippen LogP contribution in [0.5, 0.6) is 0 Å². The number of hydrogen-bond acceptors (Lipinski definition) is 4. The van der Waals surface area contributed by atoms with Gasteiger partial charge in [0.2, 0.25) is 0 Å². The van der Waals surface area contributed by atoms with Crippen LogP contribution in [-0.2, 0) is 0 Å². The smallest absolute Gasteiger partial charge is 0.278 e. The number of anilines is 2. The molecule has 5 nitrogen and oxygen atoms in total. The van der Waals surface area contributed by atoms with Crippen LogP contribution in [0.4, 0.5) is 11.5 Å². The summed E-state index contributed by atoms with van der Waals surface area (Å²) in [6.07, 6.45) is 1.58. The Morgan fingerprint density at radius 1 is 1.09 bits per heavy atom. The van der Waals surface area contributed by atoms with Gasteiger partial charge in [-0.25, -0.2) is 9.97 Å². The van der Waals surface area contributed by atoms with Crippen molar-refractivity contribution in [1.29, 1.82) is 0 Å². The van der Waals surface area contributed by atoms with Crippen LogP contribution in [0.15, 0.2) is 60.8 Å². The molecular formula is C18H20N4O. The quantitative estimate of drug-likeness (QED) is 0.771. The molecule has 1 heterocycles. The molecule has 3 N–H and O–H groups in total. The van der Waals surface area contributed by atoms with Gasteiger partial charge in [0.15, 0.2) is 11.5 Å². The second-order valence-electron chi connectivity index (χ2n) is 5.12. The number of nitrogen functional groups attached to an aromatic ring is 1. The van der Waals surface area contributed by atoms with Crippen molar-refractivity contribution in [3.63, 3.8) is 0 Å². The number of benzene rings is 2. The van der Waals surface area contributed by atoms with E-state index in [9.17, 15) is 4.79 Å².